The molecule has 0 saturated carbocycles. The molecule has 21 nitrogen and oxygen atoms in total. The molecule has 0 aromatic carbocycles. The lowest BCUT2D eigenvalue weighted by molar-refractivity contribution is -0.307. The lowest BCUT2D eigenvalue weighted by Crippen LogP contribution is -2.67. The molecule has 0 spiro atoms. The first kappa shape index (κ1) is 86.2. The van der Waals surface area contributed by atoms with Crippen molar-refractivity contribution in [1.82, 2.24) is 10.6 Å². The van der Waals surface area contributed by atoms with E-state index in [9.17, 15) is 54.3 Å². The van der Waals surface area contributed by atoms with E-state index >= 15 is 0 Å². The highest BCUT2D eigenvalue weighted by Crippen LogP contribution is 2.42. The van der Waals surface area contributed by atoms with E-state index in [1.165, 1.54) is 155 Å². The van der Waals surface area contributed by atoms with Gasteiger partial charge in [0.1, 0.15) is 55.3 Å². The van der Waals surface area contributed by atoms with Gasteiger partial charge in [-0.15, -0.1) is 0 Å². The number of phosphoric acid groups is 1. The number of amides is 2. The topological polar surface area (TPSA) is 308 Å². The van der Waals surface area contributed by atoms with E-state index in [-0.39, 0.29) is 32.2 Å². The Morgan fingerprint density at radius 1 is 0.478 bits per heavy atom. The smallest absolute Gasteiger partial charge is 0.470 e. The van der Waals surface area contributed by atoms with Crippen LogP contribution in [0.5, 0.6) is 0 Å². The predicted octanol–water partition coefficient (Wildman–Crippen LogP) is 13.1. The van der Waals surface area contributed by atoms with Crippen LogP contribution < -0.4 is 10.6 Å². The minimum Gasteiger partial charge on any atom is -0.480 e. The molecular formula is C70H135N2O19P. The SMILES string of the molecule is CCCCCCCCCCCCO[C@H](CCCCCCCCCCC)CCO[C@@H]1[C@@H](NC(C)=O)[C@H](OC[C@H]2O[C@H](OCC(=O)O)[C@H](NC(=O)C[C@H](O)CCCCCCCCCCC)[C@@H](OCC[C@H](O)CCCCCCCCCCC)[C@@H]2O)O[C@H](CO)[C@H]1OP(=O)(O)O. The summed E-state index contributed by atoms with van der Waals surface area (Å²) in [5, 5.41) is 60.5. The largest absolute Gasteiger partial charge is 0.480 e. The van der Waals surface area contributed by atoms with Gasteiger partial charge in [-0.1, -0.05) is 259 Å². The molecule has 0 radical (unpaired) electrons. The van der Waals surface area contributed by atoms with Crippen LogP contribution in [-0.2, 0) is 56.6 Å². The number of ether oxygens (including phenoxy) is 7. The zero-order chi connectivity index (χ0) is 67.5. The van der Waals surface area contributed by atoms with E-state index in [4.69, 9.17) is 37.7 Å². The molecule has 0 aromatic heterocycles. The molecule has 544 valence electrons. The number of carboxylic acids is 1. The number of nitrogens with one attached hydrogen (secondary N) is 2. The number of carboxylic acid groups (broad SMARTS) is 1. The average Bonchev–Trinajstić information content (AvgIpc) is 0.803. The summed E-state index contributed by atoms with van der Waals surface area (Å²) in [6.07, 6.45) is 30.2. The molecule has 2 amide bonds. The van der Waals surface area contributed by atoms with Gasteiger partial charge in [0.2, 0.25) is 11.8 Å². The number of carbonyl (C=O) groups excluding carboxylic acids is 2. The van der Waals surface area contributed by atoms with Crippen molar-refractivity contribution in [3.63, 3.8) is 0 Å². The van der Waals surface area contributed by atoms with Gasteiger partial charge in [-0.3, -0.25) is 14.1 Å². The van der Waals surface area contributed by atoms with Gasteiger partial charge in [-0.05, 0) is 38.5 Å². The average molecular weight is 1340 g/mol. The predicted molar refractivity (Wildman–Crippen MR) is 359 cm³/mol. The second kappa shape index (κ2) is 56.0. The van der Waals surface area contributed by atoms with Gasteiger partial charge in [0.05, 0.1) is 37.9 Å². The van der Waals surface area contributed by atoms with Crippen molar-refractivity contribution in [3.8, 4) is 0 Å². The van der Waals surface area contributed by atoms with Crippen LogP contribution in [0.3, 0.4) is 0 Å². The molecule has 2 saturated heterocycles. The number of unbranched alkanes of at least 4 members (excludes halogenated alkanes) is 33. The highest BCUT2D eigenvalue weighted by atomic mass is 31.2. The van der Waals surface area contributed by atoms with E-state index in [2.05, 4.69) is 38.3 Å². The second-order valence-electron chi connectivity index (χ2n) is 26.5. The monoisotopic (exact) mass is 1340 g/mol. The quantitative estimate of drug-likeness (QED) is 0.0202. The van der Waals surface area contributed by atoms with Crippen molar-refractivity contribution in [2.75, 3.05) is 39.6 Å². The van der Waals surface area contributed by atoms with Gasteiger partial charge in [0.15, 0.2) is 12.6 Å². The fourth-order valence-corrected chi connectivity index (χ4v) is 13.1. The van der Waals surface area contributed by atoms with Crippen LogP contribution in [0.4, 0.5) is 0 Å². The highest BCUT2D eigenvalue weighted by Gasteiger charge is 2.52. The van der Waals surface area contributed by atoms with E-state index in [0.29, 0.717) is 25.9 Å². The zero-order valence-corrected chi connectivity index (χ0v) is 59.0. The molecule has 22 heteroatoms. The van der Waals surface area contributed by atoms with Gasteiger partial charge in [-0.25, -0.2) is 9.36 Å². The minimum atomic E-state index is -5.29. The standard InChI is InChI=1S/C70H135N2O19P/c1-6-10-14-18-22-26-30-34-38-42-48-84-58(45-41-37-33-29-25-21-17-13-9-4)47-50-86-68-64(71-55(5)74)70(89-59(52-73)66(68)91-92(81,82)83)87-53-60-65(80)67(85-49-46-56(75)43-39-35-31-27-23-19-15-11-7-2)63(69(90-60)88-54-62(78)79)72-61(77)51-57(76)44-40-36-32-28-24-20-16-12-8-3/h56-60,63-70,73,75-76,80H,6-54H2,1-5H3,(H,71,74)(H,72,77)(H,78,79)(H2,81,82,83)/t56-,57-,58-,59-,60-,63-,64-,65-,66-,67-,68-,69+,70-/m1/s1. The number of carbonyl (C=O) groups is 3. The van der Waals surface area contributed by atoms with Gasteiger partial charge in [0.25, 0.3) is 0 Å². The molecule has 9 N–H and O–H groups in total. The third kappa shape index (κ3) is 42.7. The van der Waals surface area contributed by atoms with Gasteiger partial charge in [-0.2, -0.15) is 0 Å². The lowest BCUT2D eigenvalue weighted by Gasteiger charge is -2.47. The number of aliphatic hydroxyl groups excluding tert-OH is 4. The molecule has 13 atom stereocenters. The van der Waals surface area contributed by atoms with Crippen LogP contribution in [-0.4, -0.2) is 172 Å². The fraction of sp³-hybridized carbons (Fsp3) is 0.957. The minimum absolute atomic E-state index is 0.00386. The maximum Gasteiger partial charge on any atom is 0.470 e. The summed E-state index contributed by atoms with van der Waals surface area (Å²) in [5.74, 6) is -2.57. The van der Waals surface area contributed by atoms with Crippen molar-refractivity contribution in [1.29, 1.82) is 0 Å². The summed E-state index contributed by atoms with van der Waals surface area (Å²) in [6, 6.07) is -2.67. The number of hydrogen-bond donors (Lipinski definition) is 9. The van der Waals surface area contributed by atoms with E-state index in [1.54, 1.807) is 0 Å². The molecule has 2 rings (SSSR count). The Bertz CT molecular complexity index is 1820. The summed E-state index contributed by atoms with van der Waals surface area (Å²) in [7, 11) is -5.29. The molecule has 2 fully saturated rings. The van der Waals surface area contributed by atoms with Crippen molar-refractivity contribution in [2.45, 2.75) is 390 Å². The van der Waals surface area contributed by atoms with Crippen LogP contribution >= 0.6 is 7.82 Å². The lowest BCUT2D eigenvalue weighted by atomic mass is 9.95. The van der Waals surface area contributed by atoms with E-state index in [1.807, 2.05) is 0 Å². The molecule has 2 heterocycles. The van der Waals surface area contributed by atoms with Crippen LogP contribution in [0, 0.1) is 0 Å². The maximum absolute atomic E-state index is 13.8. The Morgan fingerprint density at radius 2 is 0.891 bits per heavy atom. The first-order chi connectivity index (χ1) is 44.5. The Hall–Kier alpha value is -1.92. The first-order valence-electron chi connectivity index (χ1n) is 37.0. The second-order valence-corrected chi connectivity index (χ2v) is 27.7. The van der Waals surface area contributed by atoms with Crippen LogP contribution in [0.2, 0.25) is 0 Å². The molecule has 92 heavy (non-hydrogen) atoms. The summed E-state index contributed by atoms with van der Waals surface area (Å²) in [6.45, 7) is 8.24. The highest BCUT2D eigenvalue weighted by molar-refractivity contribution is 7.46. The van der Waals surface area contributed by atoms with Gasteiger partial charge >= 0.3 is 13.8 Å². The maximum atomic E-state index is 13.8. The Balaban J connectivity index is 2.38. The van der Waals surface area contributed by atoms with E-state index in [0.717, 1.165) is 96.3 Å². The summed E-state index contributed by atoms with van der Waals surface area (Å²) in [4.78, 5) is 59.4. The van der Waals surface area contributed by atoms with Gasteiger partial charge in [0, 0.05) is 26.7 Å². The number of aliphatic hydroxyl groups is 4. The normalized spacial score (nSPS) is 22.9. The fourth-order valence-electron chi connectivity index (χ4n) is 12.6. The van der Waals surface area contributed by atoms with E-state index < -0.39 is 119 Å². The van der Waals surface area contributed by atoms with Crippen LogP contribution in [0.15, 0.2) is 0 Å². The molecule has 0 unspecified atom stereocenters. The zero-order valence-electron chi connectivity index (χ0n) is 58.1. The molecule has 2 aliphatic heterocycles. The van der Waals surface area contributed by atoms with Gasteiger partial charge < -0.3 is 79.1 Å². The van der Waals surface area contributed by atoms with Crippen molar-refractivity contribution >= 4 is 25.6 Å². The Labute approximate surface area is 556 Å². The number of aliphatic carboxylic acids is 1. The molecule has 0 aromatic rings. The Morgan fingerprint density at radius 3 is 1.36 bits per heavy atom. The molecule has 2 aliphatic rings. The summed E-state index contributed by atoms with van der Waals surface area (Å²) >= 11 is 0. The number of phosphoric ester groups is 1. The first-order valence-corrected chi connectivity index (χ1v) is 38.6. The third-order valence-corrected chi connectivity index (χ3v) is 18.5. The van der Waals surface area contributed by atoms with Crippen molar-refractivity contribution in [3.05, 3.63) is 0 Å². The summed E-state index contributed by atoms with van der Waals surface area (Å²) < 4.78 is 61.8. The summed E-state index contributed by atoms with van der Waals surface area (Å²) in [5.41, 5.74) is 0. The Kier molecular flexibility index (Phi) is 52.5. The number of rotatable bonds is 63. The number of hydrogen-bond acceptors (Lipinski definition) is 16. The van der Waals surface area contributed by atoms with Crippen molar-refractivity contribution in [2.24, 2.45) is 0 Å². The third-order valence-electron chi connectivity index (χ3n) is 17.9. The van der Waals surface area contributed by atoms with Crippen LogP contribution in [0.1, 0.15) is 311 Å². The van der Waals surface area contributed by atoms with Crippen LogP contribution in [0.25, 0.3) is 0 Å². The molecular weight excluding hydrogens is 1200 g/mol. The van der Waals surface area contributed by atoms with Crippen molar-refractivity contribution < 1.29 is 91.9 Å². The molecule has 0 aliphatic carbocycles. The molecule has 0 bridgehead atoms.